The number of rotatable bonds is 6. The number of imidazole rings is 1. The molecule has 3 aromatic heterocycles. The molecule has 0 saturated carbocycles. The summed E-state index contributed by atoms with van der Waals surface area (Å²) in [5, 5.41) is 0.735. The fourth-order valence-corrected chi connectivity index (χ4v) is 5.03. The van der Waals surface area contributed by atoms with Gasteiger partial charge in [0.2, 0.25) is 0 Å². The molecule has 4 heterocycles. The molecule has 8 heteroatoms. The predicted octanol–water partition coefficient (Wildman–Crippen LogP) is 3.62. The van der Waals surface area contributed by atoms with E-state index in [1.165, 1.54) is 0 Å². The quantitative estimate of drug-likeness (QED) is 0.463. The molecule has 160 valence electrons. The summed E-state index contributed by atoms with van der Waals surface area (Å²) >= 11 is 1.56. The number of hydrogen-bond acceptors (Lipinski definition) is 6. The molecule has 0 N–H and O–H groups in total. The molecule has 1 amide bonds. The van der Waals surface area contributed by atoms with Crippen molar-refractivity contribution in [3.8, 4) is 0 Å². The van der Waals surface area contributed by atoms with Crippen LogP contribution >= 0.6 is 11.3 Å². The van der Waals surface area contributed by atoms with E-state index in [2.05, 4.69) is 9.88 Å². The Kier molecular flexibility index (Phi) is 5.67. The van der Waals surface area contributed by atoms with Crippen LogP contribution < -0.4 is 4.90 Å². The van der Waals surface area contributed by atoms with Crippen LogP contribution in [0.15, 0.2) is 48.7 Å². The van der Waals surface area contributed by atoms with Crippen molar-refractivity contribution in [2.45, 2.75) is 13.3 Å². The largest absolute Gasteiger partial charge is 0.379 e. The molecule has 0 spiro atoms. The number of aromatic nitrogens is 3. The van der Waals surface area contributed by atoms with Crippen LogP contribution in [-0.2, 0) is 4.74 Å². The van der Waals surface area contributed by atoms with Crippen molar-refractivity contribution in [3.63, 3.8) is 0 Å². The zero-order valence-electron chi connectivity index (χ0n) is 17.5. The number of nitrogens with zero attached hydrogens (tertiary/aromatic N) is 5. The average molecular weight is 436 g/mol. The van der Waals surface area contributed by atoms with Gasteiger partial charge in [-0.05, 0) is 37.6 Å². The third-order valence-electron chi connectivity index (χ3n) is 5.63. The van der Waals surface area contributed by atoms with Crippen LogP contribution in [0.3, 0.4) is 0 Å². The van der Waals surface area contributed by atoms with E-state index in [1.807, 2.05) is 64.9 Å². The van der Waals surface area contributed by atoms with Crippen LogP contribution in [0, 0.1) is 6.92 Å². The molecule has 1 fully saturated rings. The highest BCUT2D eigenvalue weighted by Gasteiger charge is 2.26. The zero-order chi connectivity index (χ0) is 21.2. The maximum absolute atomic E-state index is 13.8. The molecule has 0 atom stereocenters. The van der Waals surface area contributed by atoms with E-state index < -0.39 is 0 Å². The fourth-order valence-electron chi connectivity index (χ4n) is 4.04. The number of morpholine rings is 1. The van der Waals surface area contributed by atoms with Crippen molar-refractivity contribution in [1.82, 2.24) is 19.3 Å². The minimum Gasteiger partial charge on any atom is -0.379 e. The number of pyridine rings is 1. The minimum absolute atomic E-state index is 0.0581. The summed E-state index contributed by atoms with van der Waals surface area (Å²) < 4.78 is 8.40. The first-order valence-corrected chi connectivity index (χ1v) is 11.4. The number of hydrogen-bond donors (Lipinski definition) is 0. The lowest BCUT2D eigenvalue weighted by Crippen LogP contribution is -2.39. The Morgan fingerprint density at radius 2 is 1.94 bits per heavy atom. The van der Waals surface area contributed by atoms with Gasteiger partial charge in [-0.15, -0.1) is 0 Å². The van der Waals surface area contributed by atoms with Crippen LogP contribution in [0.1, 0.15) is 22.6 Å². The molecular formula is C23H25N5O2S. The van der Waals surface area contributed by atoms with Crippen molar-refractivity contribution in [2.75, 3.05) is 44.3 Å². The second kappa shape index (κ2) is 8.74. The second-order valence-corrected chi connectivity index (χ2v) is 8.71. The van der Waals surface area contributed by atoms with Gasteiger partial charge in [-0.2, -0.15) is 0 Å². The normalized spacial score (nSPS) is 15.0. The van der Waals surface area contributed by atoms with Crippen LogP contribution in [0.4, 0.5) is 5.13 Å². The maximum atomic E-state index is 13.8. The molecule has 0 bridgehead atoms. The molecule has 0 unspecified atom stereocenters. The lowest BCUT2D eigenvalue weighted by Gasteiger charge is -2.27. The zero-order valence-corrected chi connectivity index (χ0v) is 18.3. The van der Waals surface area contributed by atoms with Gasteiger partial charge < -0.3 is 4.74 Å². The molecule has 1 aliphatic heterocycles. The summed E-state index contributed by atoms with van der Waals surface area (Å²) in [5.74, 6) is -0.0581. The molecule has 1 saturated heterocycles. The summed E-state index contributed by atoms with van der Waals surface area (Å²) in [6.07, 6.45) is 2.77. The lowest BCUT2D eigenvalue weighted by atomic mass is 10.2. The van der Waals surface area contributed by atoms with E-state index in [1.54, 1.807) is 11.3 Å². The number of carbonyl (C=O) groups excluding carboxylic acids is 1. The topological polar surface area (TPSA) is 63.0 Å². The highest BCUT2D eigenvalue weighted by molar-refractivity contribution is 7.22. The summed E-state index contributed by atoms with van der Waals surface area (Å²) in [6, 6.07) is 13.8. The van der Waals surface area contributed by atoms with Gasteiger partial charge in [0.05, 0.1) is 29.1 Å². The van der Waals surface area contributed by atoms with Gasteiger partial charge in [0.1, 0.15) is 11.3 Å². The average Bonchev–Trinajstić information content (AvgIpc) is 3.37. The SMILES string of the molecule is Cc1nc2ccccn2c1C(=O)N(CCCN1CCOCC1)c1nc2ccccc2s1. The van der Waals surface area contributed by atoms with Crippen LogP contribution in [-0.4, -0.2) is 64.6 Å². The van der Waals surface area contributed by atoms with E-state index >= 15 is 0 Å². The van der Waals surface area contributed by atoms with Gasteiger partial charge in [0, 0.05) is 32.4 Å². The number of anilines is 1. The predicted molar refractivity (Wildman–Crippen MR) is 123 cm³/mol. The van der Waals surface area contributed by atoms with Gasteiger partial charge in [-0.3, -0.25) is 19.0 Å². The number of aryl methyl sites for hydroxylation is 1. The first kappa shape index (κ1) is 20.1. The van der Waals surface area contributed by atoms with Crippen molar-refractivity contribution < 1.29 is 9.53 Å². The molecular weight excluding hydrogens is 410 g/mol. The molecule has 7 nitrogen and oxygen atoms in total. The van der Waals surface area contributed by atoms with Crippen LogP contribution in [0.5, 0.6) is 0 Å². The lowest BCUT2D eigenvalue weighted by molar-refractivity contribution is 0.0376. The van der Waals surface area contributed by atoms with Gasteiger partial charge in [-0.25, -0.2) is 9.97 Å². The molecule has 0 radical (unpaired) electrons. The highest BCUT2D eigenvalue weighted by Crippen LogP contribution is 2.30. The van der Waals surface area contributed by atoms with E-state index in [0.717, 1.165) is 66.0 Å². The standard InChI is InChI=1S/C23H25N5O2S/c1-17-21(27-11-5-4-9-20(27)24-17)22(29)28(12-6-10-26-13-15-30-16-14-26)23-25-18-7-2-3-8-19(18)31-23/h2-5,7-9,11H,6,10,12-16H2,1H3. The highest BCUT2D eigenvalue weighted by atomic mass is 32.1. The summed E-state index contributed by atoms with van der Waals surface area (Å²) in [4.78, 5) is 27.4. The summed E-state index contributed by atoms with van der Waals surface area (Å²) in [5.41, 5.74) is 3.03. The molecule has 1 aromatic carbocycles. The minimum atomic E-state index is -0.0581. The molecule has 0 aliphatic carbocycles. The number of ether oxygens (including phenoxy) is 1. The van der Waals surface area contributed by atoms with E-state index in [4.69, 9.17) is 9.72 Å². The number of benzene rings is 1. The van der Waals surface area contributed by atoms with Gasteiger partial charge in [0.15, 0.2) is 5.13 Å². The van der Waals surface area contributed by atoms with Crippen molar-refractivity contribution in [2.24, 2.45) is 0 Å². The maximum Gasteiger partial charge on any atom is 0.278 e. The number of thiazole rings is 1. The monoisotopic (exact) mass is 435 g/mol. The molecule has 4 aromatic rings. The Morgan fingerprint density at radius 1 is 1.13 bits per heavy atom. The van der Waals surface area contributed by atoms with Crippen molar-refractivity contribution in [1.29, 1.82) is 0 Å². The summed E-state index contributed by atoms with van der Waals surface area (Å²) in [7, 11) is 0. The Labute approximate surface area is 184 Å². The smallest absolute Gasteiger partial charge is 0.278 e. The van der Waals surface area contributed by atoms with Crippen molar-refractivity contribution >= 4 is 38.2 Å². The van der Waals surface area contributed by atoms with Gasteiger partial charge in [-0.1, -0.05) is 29.5 Å². The van der Waals surface area contributed by atoms with Crippen LogP contribution in [0.25, 0.3) is 15.9 Å². The Balaban J connectivity index is 1.46. The van der Waals surface area contributed by atoms with Crippen LogP contribution in [0.2, 0.25) is 0 Å². The molecule has 31 heavy (non-hydrogen) atoms. The molecule has 1 aliphatic rings. The van der Waals surface area contributed by atoms with E-state index in [9.17, 15) is 4.79 Å². The van der Waals surface area contributed by atoms with Gasteiger partial charge in [0.25, 0.3) is 5.91 Å². The third-order valence-corrected chi connectivity index (χ3v) is 6.68. The first-order chi connectivity index (χ1) is 15.2. The number of amides is 1. The summed E-state index contributed by atoms with van der Waals surface area (Å²) in [6.45, 7) is 6.89. The number of carbonyl (C=O) groups is 1. The number of para-hydroxylation sites is 1. The Bertz CT molecular complexity index is 1180. The van der Waals surface area contributed by atoms with Crippen molar-refractivity contribution in [3.05, 3.63) is 60.0 Å². The fraction of sp³-hybridized carbons (Fsp3) is 0.348. The Morgan fingerprint density at radius 3 is 2.77 bits per heavy atom. The van der Waals surface area contributed by atoms with Gasteiger partial charge >= 0.3 is 0 Å². The van der Waals surface area contributed by atoms with E-state index in [0.29, 0.717) is 12.2 Å². The third kappa shape index (κ3) is 4.06. The molecule has 5 rings (SSSR count). The van der Waals surface area contributed by atoms with E-state index in [-0.39, 0.29) is 5.91 Å². The first-order valence-electron chi connectivity index (χ1n) is 10.6. The Hall–Kier alpha value is -2.81. The second-order valence-electron chi connectivity index (χ2n) is 7.70. The number of fused-ring (bicyclic) bond motifs is 2.